The van der Waals surface area contributed by atoms with Crippen LogP contribution in [0.3, 0.4) is 0 Å². The molecule has 0 saturated carbocycles. The average Bonchev–Trinajstić information content (AvgIpc) is 2.56. The second kappa shape index (κ2) is 16.9. The highest BCUT2D eigenvalue weighted by Crippen LogP contribution is 2.14. The number of hydrogen-bond acceptors (Lipinski definition) is 3. The zero-order chi connectivity index (χ0) is 18.0. The zero-order valence-corrected chi connectivity index (χ0v) is 15.9. The molecule has 0 saturated heterocycles. The van der Waals surface area contributed by atoms with Crippen LogP contribution in [-0.4, -0.2) is 30.6 Å². The van der Waals surface area contributed by atoms with E-state index in [1.807, 2.05) is 0 Å². The Morgan fingerprint density at radius 3 is 1.58 bits per heavy atom. The molecule has 0 amide bonds. The van der Waals surface area contributed by atoms with Crippen molar-refractivity contribution < 1.29 is 19.4 Å². The Kier molecular flexibility index (Phi) is 16.3. The molecule has 0 fully saturated rings. The predicted octanol–water partition coefficient (Wildman–Crippen LogP) is 5.38. The molecule has 0 radical (unpaired) electrons. The number of carboxylic acid groups (broad SMARTS) is 1. The average molecular weight is 343 g/mol. The van der Waals surface area contributed by atoms with Gasteiger partial charge in [-0.15, -0.1) is 0 Å². The number of hydrogen-bond donors (Lipinski definition) is 1. The Hall–Kier alpha value is -0.900. The molecule has 0 aliphatic heterocycles. The van der Waals surface area contributed by atoms with Crippen LogP contribution < -0.4 is 0 Å². The lowest BCUT2D eigenvalue weighted by atomic mass is 9.99. The molecule has 0 bridgehead atoms. The normalized spacial score (nSPS) is 12.2. The number of carbonyl (C=O) groups excluding carboxylic acids is 1. The first kappa shape index (κ1) is 23.1. The SMILES string of the molecule is CCCCCCCCCCCCCCCC(=O)C(COC)C(=O)O. The fraction of sp³-hybridized carbons (Fsp3) is 0.900. The van der Waals surface area contributed by atoms with Crippen molar-refractivity contribution in [2.24, 2.45) is 5.92 Å². The Morgan fingerprint density at radius 2 is 1.21 bits per heavy atom. The topological polar surface area (TPSA) is 63.6 Å². The van der Waals surface area contributed by atoms with Crippen LogP contribution >= 0.6 is 0 Å². The van der Waals surface area contributed by atoms with Crippen molar-refractivity contribution >= 4 is 11.8 Å². The summed E-state index contributed by atoms with van der Waals surface area (Å²) in [5.74, 6) is -2.27. The van der Waals surface area contributed by atoms with E-state index in [1.54, 1.807) is 0 Å². The molecule has 0 heterocycles. The Labute approximate surface area is 148 Å². The Balaban J connectivity index is 3.38. The minimum atomic E-state index is -1.07. The molecule has 142 valence electrons. The number of ketones is 1. The standard InChI is InChI=1S/C20H38O4/c1-3-4-5-6-7-8-9-10-11-12-13-14-15-16-19(21)18(17-24-2)20(22)23/h18H,3-17H2,1-2H3,(H,22,23). The second-order valence-electron chi connectivity index (χ2n) is 6.81. The van der Waals surface area contributed by atoms with Crippen molar-refractivity contribution in [2.45, 2.75) is 96.8 Å². The van der Waals surface area contributed by atoms with Crippen LogP contribution in [0.5, 0.6) is 0 Å². The van der Waals surface area contributed by atoms with E-state index in [1.165, 1.54) is 71.3 Å². The fourth-order valence-corrected chi connectivity index (χ4v) is 2.96. The van der Waals surface area contributed by atoms with E-state index in [0.717, 1.165) is 19.3 Å². The van der Waals surface area contributed by atoms with Crippen LogP contribution in [0.4, 0.5) is 0 Å². The van der Waals surface area contributed by atoms with Gasteiger partial charge in [-0.1, -0.05) is 84.0 Å². The molecule has 1 atom stereocenters. The maximum Gasteiger partial charge on any atom is 0.316 e. The van der Waals surface area contributed by atoms with Gasteiger partial charge in [-0.25, -0.2) is 0 Å². The summed E-state index contributed by atoms with van der Waals surface area (Å²) >= 11 is 0. The van der Waals surface area contributed by atoms with E-state index in [4.69, 9.17) is 9.84 Å². The molecule has 0 rings (SSSR count). The molecule has 0 aromatic carbocycles. The molecule has 4 heteroatoms. The monoisotopic (exact) mass is 342 g/mol. The number of Topliss-reactive ketones (excluding diaryl/α,β-unsaturated/α-hetero) is 1. The molecule has 24 heavy (non-hydrogen) atoms. The lowest BCUT2D eigenvalue weighted by molar-refractivity contribution is -0.148. The van der Waals surface area contributed by atoms with E-state index in [9.17, 15) is 9.59 Å². The maximum absolute atomic E-state index is 11.8. The smallest absolute Gasteiger partial charge is 0.316 e. The van der Waals surface area contributed by atoms with Gasteiger partial charge < -0.3 is 9.84 Å². The molecule has 0 spiro atoms. The largest absolute Gasteiger partial charge is 0.481 e. The summed E-state index contributed by atoms with van der Waals surface area (Å²) in [6.45, 7) is 2.23. The van der Waals surface area contributed by atoms with Gasteiger partial charge in [0.15, 0.2) is 0 Å². The highest BCUT2D eigenvalue weighted by molar-refractivity contribution is 5.98. The minimum Gasteiger partial charge on any atom is -0.481 e. The third-order valence-electron chi connectivity index (χ3n) is 4.55. The number of methoxy groups -OCH3 is 1. The van der Waals surface area contributed by atoms with Gasteiger partial charge in [0.1, 0.15) is 11.7 Å². The third kappa shape index (κ3) is 13.5. The summed E-state index contributed by atoms with van der Waals surface area (Å²) in [6, 6.07) is 0. The van der Waals surface area contributed by atoms with Gasteiger partial charge in [-0.3, -0.25) is 9.59 Å². The van der Waals surface area contributed by atoms with Crippen LogP contribution in [0.2, 0.25) is 0 Å². The number of carboxylic acids is 1. The van der Waals surface area contributed by atoms with Gasteiger partial charge in [0.05, 0.1) is 6.61 Å². The molecule has 0 aliphatic rings. The number of aliphatic carboxylic acids is 1. The Morgan fingerprint density at radius 1 is 0.792 bits per heavy atom. The molecular formula is C20H38O4. The van der Waals surface area contributed by atoms with Gasteiger partial charge >= 0.3 is 5.97 Å². The molecule has 0 aromatic heterocycles. The third-order valence-corrected chi connectivity index (χ3v) is 4.55. The molecule has 0 aromatic rings. The van der Waals surface area contributed by atoms with Crippen LogP contribution in [0.25, 0.3) is 0 Å². The van der Waals surface area contributed by atoms with Crippen molar-refractivity contribution in [3.8, 4) is 0 Å². The van der Waals surface area contributed by atoms with Crippen LogP contribution in [0.1, 0.15) is 96.8 Å². The molecular weight excluding hydrogens is 304 g/mol. The summed E-state index contributed by atoms with van der Waals surface area (Å²) in [6.07, 6.45) is 16.7. The summed E-state index contributed by atoms with van der Waals surface area (Å²) in [5, 5.41) is 8.98. The number of ether oxygens (including phenoxy) is 1. The van der Waals surface area contributed by atoms with Crippen molar-refractivity contribution in [2.75, 3.05) is 13.7 Å². The van der Waals surface area contributed by atoms with E-state index in [-0.39, 0.29) is 12.4 Å². The highest BCUT2D eigenvalue weighted by Gasteiger charge is 2.25. The first-order valence-electron chi connectivity index (χ1n) is 9.88. The van der Waals surface area contributed by atoms with Gasteiger partial charge in [0.25, 0.3) is 0 Å². The second-order valence-corrected chi connectivity index (χ2v) is 6.81. The van der Waals surface area contributed by atoms with Crippen molar-refractivity contribution in [1.29, 1.82) is 0 Å². The maximum atomic E-state index is 11.8. The van der Waals surface area contributed by atoms with E-state index < -0.39 is 11.9 Å². The first-order chi connectivity index (χ1) is 11.6. The van der Waals surface area contributed by atoms with E-state index >= 15 is 0 Å². The molecule has 1 unspecified atom stereocenters. The van der Waals surface area contributed by atoms with E-state index in [0.29, 0.717) is 6.42 Å². The molecule has 0 aliphatic carbocycles. The summed E-state index contributed by atoms with van der Waals surface area (Å²) in [4.78, 5) is 22.8. The van der Waals surface area contributed by atoms with Crippen LogP contribution in [-0.2, 0) is 14.3 Å². The summed E-state index contributed by atoms with van der Waals surface area (Å²) in [5.41, 5.74) is 0. The van der Waals surface area contributed by atoms with Crippen LogP contribution in [0.15, 0.2) is 0 Å². The Bertz CT molecular complexity index is 315. The summed E-state index contributed by atoms with van der Waals surface area (Å²) in [7, 11) is 1.43. The van der Waals surface area contributed by atoms with E-state index in [2.05, 4.69) is 6.92 Å². The highest BCUT2D eigenvalue weighted by atomic mass is 16.5. The number of carbonyl (C=O) groups is 2. The summed E-state index contributed by atoms with van der Waals surface area (Å²) < 4.78 is 4.80. The van der Waals surface area contributed by atoms with Crippen molar-refractivity contribution in [3.05, 3.63) is 0 Å². The lowest BCUT2D eigenvalue weighted by Gasteiger charge is -2.09. The number of rotatable bonds is 18. The minimum absolute atomic E-state index is 0.0212. The van der Waals surface area contributed by atoms with Gasteiger partial charge in [-0.05, 0) is 6.42 Å². The molecule has 4 nitrogen and oxygen atoms in total. The van der Waals surface area contributed by atoms with Gasteiger partial charge in [0, 0.05) is 13.5 Å². The quantitative estimate of drug-likeness (QED) is 0.268. The van der Waals surface area contributed by atoms with Crippen molar-refractivity contribution in [1.82, 2.24) is 0 Å². The van der Waals surface area contributed by atoms with Crippen molar-refractivity contribution in [3.63, 3.8) is 0 Å². The fourth-order valence-electron chi connectivity index (χ4n) is 2.96. The van der Waals surface area contributed by atoms with Gasteiger partial charge in [-0.2, -0.15) is 0 Å². The lowest BCUT2D eigenvalue weighted by Crippen LogP contribution is -2.27. The number of unbranched alkanes of at least 4 members (excludes halogenated alkanes) is 12. The van der Waals surface area contributed by atoms with Gasteiger partial charge in [0.2, 0.25) is 0 Å². The predicted molar refractivity (Wildman–Crippen MR) is 98.3 cm³/mol. The molecule has 1 N–H and O–H groups in total. The van der Waals surface area contributed by atoms with Crippen LogP contribution in [0, 0.1) is 5.92 Å². The zero-order valence-electron chi connectivity index (χ0n) is 15.9. The first-order valence-corrected chi connectivity index (χ1v) is 9.88.